The van der Waals surface area contributed by atoms with Crippen LogP contribution >= 0.6 is 0 Å². The molecular weight excluding hydrogens is 608 g/mol. The summed E-state index contributed by atoms with van der Waals surface area (Å²) in [5.74, 6) is -0.676. The standard InChI is InChI=1S/C18H16N4O2.C17H16N6O/c19-11-1-5-13(6-2-11)21-15-9-16(18(24)10-17(15)23)22-14-7-3-12(20)4-8-14;18-10-1-5-12(6-2-10)21-14-9-15(24)16(20)23-17(14)22-13-7-3-11(19)4-8-13/h1-10,21,23H,19-20H2;1-9,21H,18-19H2,(H2,20,22,23). The third-order valence-electron chi connectivity index (χ3n) is 6.72. The number of allylic oxidation sites excluding steroid dienone is 2. The van der Waals surface area contributed by atoms with Gasteiger partial charge >= 0.3 is 0 Å². The molecule has 6 rings (SSSR count). The molecule has 0 atom stereocenters. The number of aliphatic imine (C=N–C) groups is 3. The number of nitrogens with zero attached hydrogens (tertiary/aromatic N) is 3. The SMILES string of the molecule is NC1=NC(=Nc2ccc(N)cc2)C(Nc2ccc(N)cc2)=CC1=O.Nc1ccc(N=C2C=C(Nc3ccc(N)cc3)C(O)=CC2=O)cc1. The van der Waals surface area contributed by atoms with Crippen LogP contribution in [-0.4, -0.2) is 34.1 Å². The highest BCUT2D eigenvalue weighted by Gasteiger charge is 2.20. The van der Waals surface area contributed by atoms with E-state index >= 15 is 0 Å². The number of amidine groups is 2. The summed E-state index contributed by atoms with van der Waals surface area (Å²) in [5, 5.41) is 16.1. The van der Waals surface area contributed by atoms with Crippen molar-refractivity contribution in [1.82, 2.24) is 0 Å². The van der Waals surface area contributed by atoms with Crippen LogP contribution in [0.3, 0.4) is 0 Å². The summed E-state index contributed by atoms with van der Waals surface area (Å²) < 4.78 is 0. The predicted molar refractivity (Wildman–Crippen MR) is 193 cm³/mol. The molecule has 13 heteroatoms. The molecule has 13 N–H and O–H groups in total. The molecule has 0 spiro atoms. The molecule has 4 aromatic carbocycles. The van der Waals surface area contributed by atoms with Gasteiger partial charge in [-0.05, 0) is 103 Å². The normalized spacial score (nSPS) is 15.8. The van der Waals surface area contributed by atoms with Gasteiger partial charge in [-0.15, -0.1) is 0 Å². The van der Waals surface area contributed by atoms with Crippen molar-refractivity contribution in [2.45, 2.75) is 0 Å². The molecule has 2 aliphatic rings. The van der Waals surface area contributed by atoms with Gasteiger partial charge in [-0.3, -0.25) is 9.59 Å². The molecule has 1 aliphatic carbocycles. The van der Waals surface area contributed by atoms with Crippen molar-refractivity contribution in [3.8, 4) is 0 Å². The Bertz CT molecular complexity index is 2020. The Kier molecular flexibility index (Phi) is 9.61. The van der Waals surface area contributed by atoms with Gasteiger partial charge in [-0.25, -0.2) is 15.0 Å². The van der Waals surface area contributed by atoms with E-state index in [4.69, 9.17) is 28.7 Å². The molecule has 0 bridgehead atoms. The fourth-order valence-corrected chi connectivity index (χ4v) is 4.22. The highest BCUT2D eigenvalue weighted by molar-refractivity contribution is 6.49. The number of anilines is 6. The Morgan fingerprint density at radius 1 is 0.521 bits per heavy atom. The number of carbonyl (C=O) groups is 2. The molecule has 0 amide bonds. The van der Waals surface area contributed by atoms with Crippen molar-refractivity contribution in [3.05, 3.63) is 132 Å². The van der Waals surface area contributed by atoms with Gasteiger partial charge in [-0.1, -0.05) is 0 Å². The van der Waals surface area contributed by atoms with Crippen LogP contribution in [0.2, 0.25) is 0 Å². The van der Waals surface area contributed by atoms with E-state index in [1.807, 2.05) is 0 Å². The van der Waals surface area contributed by atoms with E-state index in [1.54, 1.807) is 97.1 Å². The number of hydrogen-bond donors (Lipinski definition) is 8. The zero-order valence-corrected chi connectivity index (χ0v) is 25.5. The molecule has 0 radical (unpaired) electrons. The van der Waals surface area contributed by atoms with Crippen molar-refractivity contribution >= 4 is 74.4 Å². The molecule has 1 aliphatic heterocycles. The lowest BCUT2D eigenvalue weighted by atomic mass is 10.1. The van der Waals surface area contributed by atoms with E-state index in [9.17, 15) is 14.7 Å². The molecule has 0 aromatic heterocycles. The van der Waals surface area contributed by atoms with E-state index in [2.05, 4.69) is 25.6 Å². The minimum absolute atomic E-state index is 0.105. The topological polar surface area (TPSA) is 246 Å². The van der Waals surface area contributed by atoms with Gasteiger partial charge in [0, 0.05) is 46.3 Å². The summed E-state index contributed by atoms with van der Waals surface area (Å²) in [6.07, 6.45) is 4.01. The lowest BCUT2D eigenvalue weighted by Crippen LogP contribution is -2.30. The van der Waals surface area contributed by atoms with Crippen molar-refractivity contribution in [2.75, 3.05) is 33.6 Å². The third-order valence-corrected chi connectivity index (χ3v) is 6.72. The lowest BCUT2D eigenvalue weighted by Gasteiger charge is -2.15. The Hall–Kier alpha value is -7.15. The number of aliphatic hydroxyl groups is 1. The minimum Gasteiger partial charge on any atom is -0.506 e. The maximum Gasteiger partial charge on any atom is 0.222 e. The van der Waals surface area contributed by atoms with Crippen LogP contribution in [0.4, 0.5) is 45.5 Å². The minimum atomic E-state index is -0.371. The largest absolute Gasteiger partial charge is 0.506 e. The first-order chi connectivity index (χ1) is 23.0. The van der Waals surface area contributed by atoms with Gasteiger partial charge in [0.2, 0.25) is 11.6 Å². The van der Waals surface area contributed by atoms with Gasteiger partial charge in [0.15, 0.2) is 11.7 Å². The molecule has 240 valence electrons. The number of nitrogens with one attached hydrogen (secondary N) is 2. The molecule has 0 saturated heterocycles. The monoisotopic (exact) mass is 640 g/mol. The summed E-state index contributed by atoms with van der Waals surface area (Å²) in [4.78, 5) is 36.7. The number of nitrogen functional groups attached to an aromatic ring is 4. The number of carbonyl (C=O) groups excluding carboxylic acids is 2. The Labute approximate surface area is 275 Å². The maximum absolute atomic E-state index is 12.0. The quantitative estimate of drug-likeness (QED) is 0.106. The van der Waals surface area contributed by atoms with Crippen LogP contribution in [-0.2, 0) is 9.59 Å². The smallest absolute Gasteiger partial charge is 0.222 e. The predicted octanol–water partition coefficient (Wildman–Crippen LogP) is 4.76. The number of aliphatic hydroxyl groups excluding tert-OH is 1. The van der Waals surface area contributed by atoms with Crippen molar-refractivity contribution in [3.63, 3.8) is 0 Å². The Balaban J connectivity index is 0.000000188. The first-order valence-electron chi connectivity index (χ1n) is 14.4. The van der Waals surface area contributed by atoms with Gasteiger partial charge in [0.25, 0.3) is 0 Å². The maximum atomic E-state index is 12.0. The number of hydrogen-bond acceptors (Lipinski definition) is 12. The van der Waals surface area contributed by atoms with Crippen LogP contribution in [0.1, 0.15) is 0 Å². The lowest BCUT2D eigenvalue weighted by molar-refractivity contribution is -0.109. The highest BCUT2D eigenvalue weighted by atomic mass is 16.3. The summed E-state index contributed by atoms with van der Waals surface area (Å²) >= 11 is 0. The summed E-state index contributed by atoms with van der Waals surface area (Å²) in [5.41, 5.74) is 34.6. The number of nitrogens with two attached hydrogens (primary N) is 5. The fourth-order valence-electron chi connectivity index (χ4n) is 4.22. The molecule has 4 aromatic rings. The van der Waals surface area contributed by atoms with E-state index in [0.717, 1.165) is 17.5 Å². The second-order valence-electron chi connectivity index (χ2n) is 10.5. The van der Waals surface area contributed by atoms with Gasteiger partial charge in [-0.2, -0.15) is 0 Å². The molecule has 13 nitrogen and oxygen atoms in total. The number of ketones is 2. The Morgan fingerprint density at radius 2 is 0.958 bits per heavy atom. The van der Waals surface area contributed by atoms with Crippen molar-refractivity contribution in [2.24, 2.45) is 20.7 Å². The Morgan fingerprint density at radius 3 is 1.46 bits per heavy atom. The third kappa shape index (κ3) is 8.51. The summed E-state index contributed by atoms with van der Waals surface area (Å²) in [7, 11) is 0. The van der Waals surface area contributed by atoms with Crippen LogP contribution in [0.5, 0.6) is 0 Å². The zero-order chi connectivity index (χ0) is 34.2. The highest BCUT2D eigenvalue weighted by Crippen LogP contribution is 2.22. The van der Waals surface area contributed by atoms with Crippen LogP contribution in [0.25, 0.3) is 0 Å². The molecule has 0 unspecified atom stereocenters. The van der Waals surface area contributed by atoms with Gasteiger partial charge in [0.1, 0.15) is 11.5 Å². The molecule has 48 heavy (non-hydrogen) atoms. The van der Waals surface area contributed by atoms with E-state index in [0.29, 0.717) is 51.4 Å². The summed E-state index contributed by atoms with van der Waals surface area (Å²) in [6, 6.07) is 27.9. The average Bonchev–Trinajstić information content (AvgIpc) is 3.06. The van der Waals surface area contributed by atoms with E-state index < -0.39 is 0 Å². The first kappa shape index (κ1) is 32.2. The molecule has 1 heterocycles. The van der Waals surface area contributed by atoms with Crippen molar-refractivity contribution in [1.29, 1.82) is 0 Å². The van der Waals surface area contributed by atoms with Crippen LogP contribution in [0.15, 0.2) is 147 Å². The fraction of sp³-hybridized carbons (Fsp3) is 0. The molecule has 0 saturated carbocycles. The number of benzene rings is 4. The van der Waals surface area contributed by atoms with E-state index in [1.165, 1.54) is 12.2 Å². The first-order valence-corrected chi connectivity index (χ1v) is 14.4. The average molecular weight is 641 g/mol. The number of rotatable bonds is 6. The second kappa shape index (κ2) is 14.3. The summed E-state index contributed by atoms with van der Waals surface area (Å²) in [6.45, 7) is 0. The van der Waals surface area contributed by atoms with Crippen LogP contribution < -0.4 is 39.3 Å². The number of dihydropyridines is 1. The second-order valence-corrected chi connectivity index (χ2v) is 10.5. The zero-order valence-electron chi connectivity index (χ0n) is 25.5. The molecular formula is C35H32N10O3. The van der Waals surface area contributed by atoms with Gasteiger partial charge in [0.05, 0.1) is 22.8 Å². The molecule has 0 fully saturated rings. The van der Waals surface area contributed by atoms with E-state index in [-0.39, 0.29) is 28.9 Å². The van der Waals surface area contributed by atoms with Crippen LogP contribution in [0, 0.1) is 0 Å². The van der Waals surface area contributed by atoms with Crippen molar-refractivity contribution < 1.29 is 14.7 Å². The van der Waals surface area contributed by atoms with Gasteiger partial charge < -0.3 is 44.4 Å².